The second-order valence-electron chi connectivity index (χ2n) is 6.95. The minimum absolute atomic E-state index is 0.165. The predicted octanol–water partition coefficient (Wildman–Crippen LogP) is 2.81. The van der Waals surface area contributed by atoms with Crippen LogP contribution < -0.4 is 14.8 Å². The summed E-state index contributed by atoms with van der Waals surface area (Å²) < 4.78 is 31.0. The maximum Gasteiger partial charge on any atom is 0.251 e. The van der Waals surface area contributed by atoms with Gasteiger partial charge in [0.1, 0.15) is 5.75 Å². The van der Waals surface area contributed by atoms with Gasteiger partial charge in [0.25, 0.3) is 5.91 Å². The number of benzene rings is 2. The van der Waals surface area contributed by atoms with Crippen molar-refractivity contribution in [1.29, 1.82) is 0 Å². The molecule has 0 unspecified atom stereocenters. The lowest BCUT2D eigenvalue weighted by molar-refractivity contribution is 0.0944. The number of hydrogen-bond donors (Lipinski definition) is 2. The number of nitrogens with one attached hydrogen (secondary N) is 2. The fourth-order valence-corrected chi connectivity index (χ4v) is 3.83. The number of carbonyl (C=O) groups is 1. The minimum Gasteiger partial charge on any atom is -0.493 e. The topological polar surface area (TPSA) is 84.5 Å². The van der Waals surface area contributed by atoms with Gasteiger partial charge in [-0.2, -0.15) is 0 Å². The molecule has 1 amide bonds. The van der Waals surface area contributed by atoms with Crippen LogP contribution in [-0.4, -0.2) is 39.3 Å². The molecule has 0 saturated carbocycles. The lowest BCUT2D eigenvalue weighted by Crippen LogP contribution is -2.51. The first-order chi connectivity index (χ1) is 12.6. The van der Waals surface area contributed by atoms with Crippen LogP contribution in [0.4, 0.5) is 0 Å². The molecule has 0 aromatic heterocycles. The van der Waals surface area contributed by atoms with E-state index in [2.05, 4.69) is 10.0 Å². The third-order valence-electron chi connectivity index (χ3n) is 3.78. The van der Waals surface area contributed by atoms with Crippen LogP contribution in [0.3, 0.4) is 0 Å². The Labute approximate surface area is 161 Å². The Kier molecular flexibility index (Phi) is 6.62. The summed E-state index contributed by atoms with van der Waals surface area (Å²) in [4.78, 5) is 12.5. The molecule has 0 fully saturated rings. The highest BCUT2D eigenvalue weighted by Gasteiger charge is 2.23. The predicted molar refractivity (Wildman–Crippen MR) is 107 cm³/mol. The fraction of sp³-hybridized carbons (Fsp3) is 0.350. The monoisotopic (exact) mass is 390 g/mol. The lowest BCUT2D eigenvalue weighted by Gasteiger charge is -2.25. The third kappa shape index (κ3) is 6.37. The Balaban J connectivity index is 2.17. The molecule has 2 rings (SSSR count). The molecular formula is C20H26N2O4S. The number of sulfonamides is 1. The Bertz CT molecular complexity index is 908. The number of para-hydroxylation sites is 1. The third-order valence-corrected chi connectivity index (χ3v) is 4.70. The molecule has 27 heavy (non-hydrogen) atoms. The molecule has 7 heteroatoms. The zero-order valence-electron chi connectivity index (χ0n) is 16.1. The van der Waals surface area contributed by atoms with Gasteiger partial charge in [0.2, 0.25) is 10.0 Å². The first-order valence-corrected chi connectivity index (χ1v) is 10.6. The van der Waals surface area contributed by atoms with Crippen molar-refractivity contribution in [2.75, 3.05) is 19.4 Å². The zero-order valence-corrected chi connectivity index (χ0v) is 16.9. The van der Waals surface area contributed by atoms with Crippen molar-refractivity contribution in [3.05, 3.63) is 54.1 Å². The summed E-state index contributed by atoms with van der Waals surface area (Å²) in [5, 5.41) is 2.78. The molecular weight excluding hydrogens is 364 g/mol. The minimum atomic E-state index is -3.36. The molecule has 2 N–H and O–H groups in total. The van der Waals surface area contributed by atoms with E-state index in [9.17, 15) is 13.2 Å². The summed E-state index contributed by atoms with van der Waals surface area (Å²) in [7, 11) is -3.36. The van der Waals surface area contributed by atoms with Crippen LogP contribution in [0.2, 0.25) is 0 Å². The highest BCUT2D eigenvalue weighted by Crippen LogP contribution is 2.30. The fourth-order valence-electron chi connectivity index (χ4n) is 2.76. The van der Waals surface area contributed by atoms with Gasteiger partial charge in [-0.1, -0.05) is 30.3 Å². The summed E-state index contributed by atoms with van der Waals surface area (Å²) in [6, 6.07) is 14.9. The molecule has 0 bridgehead atoms. The maximum absolute atomic E-state index is 12.5. The van der Waals surface area contributed by atoms with Crippen molar-refractivity contribution in [2.45, 2.75) is 26.3 Å². The number of amides is 1. The number of rotatable bonds is 8. The molecule has 0 atom stereocenters. The smallest absolute Gasteiger partial charge is 0.251 e. The standard InChI is InChI=1S/C20H26N2O4S/c1-5-26-18-12-7-6-11-17(18)15-9-8-10-16(13-15)19(23)21-14-20(2,3)22-27(4,24)25/h6-13,22H,5,14H2,1-4H3,(H,21,23). The largest absolute Gasteiger partial charge is 0.493 e. The van der Waals surface area contributed by atoms with Gasteiger partial charge in [0.15, 0.2) is 0 Å². The van der Waals surface area contributed by atoms with E-state index in [4.69, 9.17) is 4.74 Å². The molecule has 0 heterocycles. The first kappa shape index (κ1) is 20.9. The van der Waals surface area contributed by atoms with Crippen molar-refractivity contribution in [3.63, 3.8) is 0 Å². The van der Waals surface area contributed by atoms with E-state index in [1.807, 2.05) is 43.3 Å². The van der Waals surface area contributed by atoms with Crippen molar-refractivity contribution < 1.29 is 17.9 Å². The highest BCUT2D eigenvalue weighted by molar-refractivity contribution is 7.88. The second-order valence-corrected chi connectivity index (χ2v) is 8.70. The molecule has 2 aromatic rings. The molecule has 0 saturated heterocycles. The molecule has 0 aliphatic heterocycles. The van der Waals surface area contributed by atoms with Gasteiger partial charge in [-0.3, -0.25) is 4.79 Å². The van der Waals surface area contributed by atoms with Gasteiger partial charge in [-0.15, -0.1) is 0 Å². The first-order valence-electron chi connectivity index (χ1n) is 8.71. The van der Waals surface area contributed by atoms with Crippen molar-refractivity contribution in [1.82, 2.24) is 10.0 Å². The normalized spacial score (nSPS) is 11.9. The summed E-state index contributed by atoms with van der Waals surface area (Å²) >= 11 is 0. The number of ether oxygens (including phenoxy) is 1. The van der Waals surface area contributed by atoms with E-state index in [-0.39, 0.29) is 12.5 Å². The summed E-state index contributed by atoms with van der Waals surface area (Å²) in [6.45, 7) is 6.07. The molecule has 2 aromatic carbocycles. The van der Waals surface area contributed by atoms with Crippen molar-refractivity contribution in [2.24, 2.45) is 0 Å². The molecule has 0 aliphatic rings. The molecule has 0 aliphatic carbocycles. The van der Waals surface area contributed by atoms with Gasteiger partial charge >= 0.3 is 0 Å². The van der Waals surface area contributed by atoms with E-state index < -0.39 is 15.6 Å². The van der Waals surface area contributed by atoms with Crippen LogP contribution in [0.1, 0.15) is 31.1 Å². The van der Waals surface area contributed by atoms with Gasteiger partial charge in [-0.25, -0.2) is 13.1 Å². The van der Waals surface area contributed by atoms with Crippen molar-refractivity contribution in [3.8, 4) is 16.9 Å². The zero-order chi connectivity index (χ0) is 20.1. The van der Waals surface area contributed by atoms with Crippen LogP contribution in [0.25, 0.3) is 11.1 Å². The van der Waals surface area contributed by atoms with Gasteiger partial charge in [-0.05, 0) is 44.5 Å². The van der Waals surface area contributed by atoms with Gasteiger partial charge < -0.3 is 10.1 Å². The van der Waals surface area contributed by atoms with Crippen LogP contribution in [0, 0.1) is 0 Å². The summed E-state index contributed by atoms with van der Waals surface area (Å²) in [6.07, 6.45) is 1.09. The molecule has 146 valence electrons. The Morgan fingerprint density at radius 1 is 1.11 bits per heavy atom. The Morgan fingerprint density at radius 2 is 1.81 bits per heavy atom. The second kappa shape index (κ2) is 8.54. The summed E-state index contributed by atoms with van der Waals surface area (Å²) in [5.41, 5.74) is 1.49. The van der Waals surface area contributed by atoms with Crippen LogP contribution >= 0.6 is 0 Å². The molecule has 0 spiro atoms. The average molecular weight is 391 g/mol. The van der Waals surface area contributed by atoms with E-state index in [1.165, 1.54) is 0 Å². The van der Waals surface area contributed by atoms with E-state index in [0.717, 1.165) is 23.1 Å². The van der Waals surface area contributed by atoms with E-state index in [1.54, 1.807) is 26.0 Å². The number of carbonyl (C=O) groups excluding carboxylic acids is 1. The highest BCUT2D eigenvalue weighted by atomic mass is 32.2. The lowest BCUT2D eigenvalue weighted by atomic mass is 10.0. The number of hydrogen-bond acceptors (Lipinski definition) is 4. The SMILES string of the molecule is CCOc1ccccc1-c1cccc(C(=O)NCC(C)(C)NS(C)(=O)=O)c1. The van der Waals surface area contributed by atoms with Crippen LogP contribution in [0.5, 0.6) is 5.75 Å². The van der Waals surface area contributed by atoms with Crippen LogP contribution in [0.15, 0.2) is 48.5 Å². The Morgan fingerprint density at radius 3 is 2.48 bits per heavy atom. The maximum atomic E-state index is 12.5. The van der Waals surface area contributed by atoms with E-state index >= 15 is 0 Å². The summed E-state index contributed by atoms with van der Waals surface area (Å²) in [5.74, 6) is 0.491. The van der Waals surface area contributed by atoms with E-state index in [0.29, 0.717) is 12.2 Å². The van der Waals surface area contributed by atoms with Crippen LogP contribution in [-0.2, 0) is 10.0 Å². The molecule has 6 nitrogen and oxygen atoms in total. The Hall–Kier alpha value is -2.38. The van der Waals surface area contributed by atoms with Gasteiger partial charge in [0, 0.05) is 23.2 Å². The quantitative estimate of drug-likeness (QED) is 0.726. The average Bonchev–Trinajstić information content (AvgIpc) is 2.59. The molecule has 0 radical (unpaired) electrons. The van der Waals surface area contributed by atoms with Gasteiger partial charge in [0.05, 0.1) is 12.9 Å². The van der Waals surface area contributed by atoms with Crippen molar-refractivity contribution >= 4 is 15.9 Å².